The topological polar surface area (TPSA) is 26.9 Å². The summed E-state index contributed by atoms with van der Waals surface area (Å²) in [5.41, 5.74) is 0.602. The van der Waals surface area contributed by atoms with E-state index in [1.165, 1.54) is 6.20 Å². The summed E-state index contributed by atoms with van der Waals surface area (Å²) in [4.78, 5) is 0. The normalized spacial score (nSPS) is 10.4. The molecule has 0 saturated carbocycles. The third kappa shape index (κ3) is 1.10. The molecule has 1 aromatic heterocycles. The van der Waals surface area contributed by atoms with Crippen LogP contribution < -0.4 is 4.73 Å². The molecular formula is C9H6ClNO. The van der Waals surface area contributed by atoms with Crippen molar-refractivity contribution in [2.24, 2.45) is 0 Å². The standard InChI is InChI=1S/C9H6ClNO/c10-8-4-3-7-2-1-5-11(12)9(7)6-8/h1-6H. The van der Waals surface area contributed by atoms with E-state index in [2.05, 4.69) is 0 Å². The molecule has 0 aliphatic carbocycles. The van der Waals surface area contributed by atoms with Gasteiger partial charge in [0.25, 0.3) is 0 Å². The van der Waals surface area contributed by atoms with Gasteiger partial charge in [-0.25, -0.2) is 0 Å². The highest BCUT2D eigenvalue weighted by molar-refractivity contribution is 6.31. The van der Waals surface area contributed by atoms with Gasteiger partial charge < -0.3 is 5.21 Å². The van der Waals surface area contributed by atoms with Crippen LogP contribution in [0.5, 0.6) is 0 Å². The lowest BCUT2D eigenvalue weighted by Gasteiger charge is -1.99. The first-order valence-corrected chi connectivity index (χ1v) is 3.92. The highest BCUT2D eigenvalue weighted by Gasteiger charge is 2.01. The van der Waals surface area contributed by atoms with Crippen molar-refractivity contribution in [2.75, 3.05) is 0 Å². The molecule has 1 aromatic carbocycles. The first-order valence-electron chi connectivity index (χ1n) is 3.55. The van der Waals surface area contributed by atoms with E-state index in [0.29, 0.717) is 10.5 Å². The number of aromatic nitrogens is 1. The van der Waals surface area contributed by atoms with Gasteiger partial charge in [-0.1, -0.05) is 11.6 Å². The monoisotopic (exact) mass is 179 g/mol. The van der Waals surface area contributed by atoms with E-state index in [9.17, 15) is 5.21 Å². The summed E-state index contributed by atoms with van der Waals surface area (Å²) in [5.74, 6) is 0. The molecule has 12 heavy (non-hydrogen) atoms. The number of rotatable bonds is 0. The van der Waals surface area contributed by atoms with E-state index in [1.807, 2.05) is 12.1 Å². The van der Waals surface area contributed by atoms with Gasteiger partial charge in [0.2, 0.25) is 5.52 Å². The van der Waals surface area contributed by atoms with Crippen LogP contribution in [0.2, 0.25) is 5.02 Å². The largest absolute Gasteiger partial charge is 0.618 e. The van der Waals surface area contributed by atoms with Gasteiger partial charge in [-0.3, -0.25) is 0 Å². The van der Waals surface area contributed by atoms with E-state index in [0.717, 1.165) is 10.1 Å². The van der Waals surface area contributed by atoms with E-state index in [1.54, 1.807) is 18.2 Å². The second-order valence-electron chi connectivity index (χ2n) is 2.54. The van der Waals surface area contributed by atoms with Gasteiger partial charge in [0.05, 0.1) is 0 Å². The molecule has 0 spiro atoms. The van der Waals surface area contributed by atoms with E-state index >= 15 is 0 Å². The minimum absolute atomic E-state index is 0.582. The maximum atomic E-state index is 11.2. The number of pyridine rings is 1. The van der Waals surface area contributed by atoms with Gasteiger partial charge >= 0.3 is 0 Å². The molecular weight excluding hydrogens is 174 g/mol. The number of fused-ring (bicyclic) bond motifs is 1. The minimum atomic E-state index is 0.582. The Morgan fingerprint density at radius 2 is 2.08 bits per heavy atom. The maximum absolute atomic E-state index is 11.2. The lowest BCUT2D eigenvalue weighted by Crippen LogP contribution is -2.25. The lowest BCUT2D eigenvalue weighted by molar-refractivity contribution is -0.577. The molecule has 2 nitrogen and oxygen atoms in total. The minimum Gasteiger partial charge on any atom is -0.618 e. The van der Waals surface area contributed by atoms with Crippen molar-refractivity contribution < 1.29 is 4.73 Å². The van der Waals surface area contributed by atoms with E-state index in [-0.39, 0.29) is 0 Å². The maximum Gasteiger partial charge on any atom is 0.225 e. The summed E-state index contributed by atoms with van der Waals surface area (Å²) in [6.45, 7) is 0. The number of nitrogens with zero attached hydrogens (tertiary/aromatic N) is 1. The summed E-state index contributed by atoms with van der Waals surface area (Å²) in [7, 11) is 0. The fraction of sp³-hybridized carbons (Fsp3) is 0. The van der Waals surface area contributed by atoms with Gasteiger partial charge in [-0.05, 0) is 18.2 Å². The second kappa shape index (κ2) is 2.64. The average Bonchev–Trinajstić information content (AvgIpc) is 2.07. The van der Waals surface area contributed by atoms with E-state index < -0.39 is 0 Å². The molecule has 0 unspecified atom stereocenters. The first-order chi connectivity index (χ1) is 5.77. The Bertz CT molecular complexity index is 428. The summed E-state index contributed by atoms with van der Waals surface area (Å²) >= 11 is 5.74. The highest BCUT2D eigenvalue weighted by Crippen LogP contribution is 2.15. The number of benzene rings is 1. The summed E-state index contributed by atoms with van der Waals surface area (Å²) in [6.07, 6.45) is 1.46. The lowest BCUT2D eigenvalue weighted by atomic mass is 10.2. The third-order valence-electron chi connectivity index (χ3n) is 1.73. The molecule has 0 N–H and O–H groups in total. The van der Waals surface area contributed by atoms with Gasteiger partial charge in [-0.15, -0.1) is 0 Å². The summed E-state index contributed by atoms with van der Waals surface area (Å²) in [5, 5.41) is 12.7. The van der Waals surface area contributed by atoms with Crippen molar-refractivity contribution in [2.45, 2.75) is 0 Å². The van der Waals surface area contributed by atoms with Crippen molar-refractivity contribution in [3.63, 3.8) is 0 Å². The second-order valence-corrected chi connectivity index (χ2v) is 2.97. The van der Waals surface area contributed by atoms with Crippen LogP contribution >= 0.6 is 11.6 Å². The van der Waals surface area contributed by atoms with Gasteiger partial charge in [0.1, 0.15) is 0 Å². The quantitative estimate of drug-likeness (QED) is 0.450. The van der Waals surface area contributed by atoms with Crippen molar-refractivity contribution in [3.8, 4) is 0 Å². The molecule has 0 bridgehead atoms. The van der Waals surface area contributed by atoms with Crippen LogP contribution in [0.15, 0.2) is 36.5 Å². The first kappa shape index (κ1) is 7.37. The summed E-state index contributed by atoms with van der Waals surface area (Å²) in [6, 6.07) is 8.84. The molecule has 0 radical (unpaired) electrons. The van der Waals surface area contributed by atoms with Crippen LogP contribution in [0.25, 0.3) is 10.9 Å². The van der Waals surface area contributed by atoms with Gasteiger partial charge in [-0.2, -0.15) is 4.73 Å². The number of hydrogen-bond donors (Lipinski definition) is 0. The van der Waals surface area contributed by atoms with Crippen LogP contribution in [0.1, 0.15) is 0 Å². The van der Waals surface area contributed by atoms with Crippen LogP contribution in [0, 0.1) is 5.21 Å². The van der Waals surface area contributed by atoms with Crippen molar-refractivity contribution in [3.05, 3.63) is 46.8 Å². The molecule has 3 heteroatoms. The molecule has 0 atom stereocenters. The van der Waals surface area contributed by atoms with Gasteiger partial charge in [0, 0.05) is 22.5 Å². The molecule has 0 fully saturated rings. The van der Waals surface area contributed by atoms with E-state index in [4.69, 9.17) is 11.6 Å². The predicted octanol–water partition coefficient (Wildman–Crippen LogP) is 2.13. The van der Waals surface area contributed by atoms with Crippen molar-refractivity contribution >= 4 is 22.5 Å². The number of hydrogen-bond acceptors (Lipinski definition) is 1. The Hall–Kier alpha value is -1.28. The van der Waals surface area contributed by atoms with Gasteiger partial charge in [0.15, 0.2) is 6.20 Å². The van der Waals surface area contributed by atoms with Crippen LogP contribution in [0.3, 0.4) is 0 Å². The number of halogens is 1. The molecule has 1 heterocycles. The Morgan fingerprint density at radius 3 is 2.92 bits per heavy atom. The Kier molecular flexibility index (Phi) is 1.62. The van der Waals surface area contributed by atoms with Crippen LogP contribution in [0.4, 0.5) is 0 Å². The average molecular weight is 180 g/mol. The molecule has 0 saturated heterocycles. The molecule has 0 amide bonds. The van der Waals surface area contributed by atoms with Crippen LogP contribution in [-0.2, 0) is 0 Å². The molecule has 0 aliphatic heterocycles. The fourth-order valence-corrected chi connectivity index (χ4v) is 1.32. The summed E-state index contributed by atoms with van der Waals surface area (Å²) < 4.78 is 0.807. The predicted molar refractivity (Wildman–Crippen MR) is 47.9 cm³/mol. The Balaban J connectivity index is 2.88. The fourth-order valence-electron chi connectivity index (χ4n) is 1.15. The smallest absolute Gasteiger partial charge is 0.225 e. The molecule has 60 valence electrons. The van der Waals surface area contributed by atoms with Crippen molar-refractivity contribution in [1.82, 2.24) is 0 Å². The zero-order chi connectivity index (χ0) is 8.55. The highest BCUT2D eigenvalue weighted by atomic mass is 35.5. The molecule has 2 rings (SSSR count). The molecule has 2 aromatic rings. The molecule has 0 aliphatic rings. The van der Waals surface area contributed by atoms with Crippen molar-refractivity contribution in [1.29, 1.82) is 0 Å². The van der Waals surface area contributed by atoms with Crippen LogP contribution in [-0.4, -0.2) is 0 Å². The zero-order valence-electron chi connectivity index (χ0n) is 6.20. The SMILES string of the molecule is [O-][n+]1cccc2ccc(Cl)cc21. The third-order valence-corrected chi connectivity index (χ3v) is 1.96. The Labute approximate surface area is 74.6 Å². The zero-order valence-corrected chi connectivity index (χ0v) is 6.95. The Morgan fingerprint density at radius 1 is 1.25 bits per heavy atom.